The molecule has 1 atom stereocenters. The van der Waals surface area contributed by atoms with Crippen LogP contribution >= 0.6 is 23.1 Å². The lowest BCUT2D eigenvalue weighted by Gasteiger charge is -2.08. The fourth-order valence-electron chi connectivity index (χ4n) is 2.35. The Kier molecular flexibility index (Phi) is 6.93. The summed E-state index contributed by atoms with van der Waals surface area (Å²) in [4.78, 5) is 21.4. The van der Waals surface area contributed by atoms with Crippen LogP contribution in [-0.2, 0) is 11.2 Å². The molecular weight excluding hydrogens is 373 g/mol. The second kappa shape index (κ2) is 8.55. The van der Waals surface area contributed by atoms with Gasteiger partial charge in [0.1, 0.15) is 11.4 Å². The molecule has 1 unspecified atom stereocenters. The first-order valence-corrected chi connectivity index (χ1v) is 9.81. The number of rotatable bonds is 8. The number of alkyl halides is 3. The van der Waals surface area contributed by atoms with Gasteiger partial charge in [-0.3, -0.25) is 4.79 Å². The van der Waals surface area contributed by atoms with Crippen molar-refractivity contribution in [1.29, 1.82) is 0 Å². The Morgan fingerprint density at radius 3 is 2.76 bits per heavy atom. The van der Waals surface area contributed by atoms with E-state index in [1.165, 1.54) is 23.1 Å². The van der Waals surface area contributed by atoms with Crippen molar-refractivity contribution in [2.75, 3.05) is 19.0 Å². The zero-order valence-electron chi connectivity index (χ0n) is 14.3. The van der Waals surface area contributed by atoms with Gasteiger partial charge in [-0.25, -0.2) is 4.98 Å². The summed E-state index contributed by atoms with van der Waals surface area (Å²) in [7, 11) is 0. The summed E-state index contributed by atoms with van der Waals surface area (Å²) in [6.45, 7) is 4.93. The lowest BCUT2D eigenvalue weighted by molar-refractivity contribution is -0.172. The van der Waals surface area contributed by atoms with Crippen LogP contribution in [0.3, 0.4) is 0 Å². The second-order valence-corrected chi connectivity index (χ2v) is 8.21. The normalized spacial score (nSPS) is 13.5. The molecule has 0 saturated heterocycles. The number of H-pyrrole nitrogens is 1. The monoisotopic (exact) mass is 394 g/mol. The molecule has 0 aliphatic rings. The quantitative estimate of drug-likeness (QED) is 0.405. The van der Waals surface area contributed by atoms with E-state index in [2.05, 4.69) is 28.6 Å². The number of aromatic amines is 1. The maximum Gasteiger partial charge on any atom is 0.411 e. The maximum absolute atomic E-state index is 12.4. The lowest BCUT2D eigenvalue weighted by atomic mass is 9.98. The van der Waals surface area contributed by atoms with E-state index >= 15 is 0 Å². The van der Waals surface area contributed by atoms with Crippen molar-refractivity contribution in [2.24, 2.45) is 5.92 Å². The van der Waals surface area contributed by atoms with E-state index in [-0.39, 0.29) is 17.9 Å². The summed E-state index contributed by atoms with van der Waals surface area (Å²) in [6, 6.07) is 0. The summed E-state index contributed by atoms with van der Waals surface area (Å²) < 4.78 is 40.6. The van der Waals surface area contributed by atoms with Gasteiger partial charge in [-0.05, 0) is 24.8 Å². The maximum atomic E-state index is 12.4. The van der Waals surface area contributed by atoms with Crippen LogP contribution in [0.25, 0.3) is 10.2 Å². The predicted molar refractivity (Wildman–Crippen MR) is 95.7 cm³/mol. The highest BCUT2D eigenvalue weighted by molar-refractivity contribution is 7.99. The van der Waals surface area contributed by atoms with E-state index < -0.39 is 12.8 Å². The fourth-order valence-corrected chi connectivity index (χ4v) is 4.17. The topological polar surface area (TPSA) is 55.0 Å². The Labute approximate surface area is 152 Å². The van der Waals surface area contributed by atoms with Gasteiger partial charge in [-0.15, -0.1) is 11.3 Å². The molecule has 0 saturated carbocycles. The standard InChI is InChI=1S/C16H21F3N2O2S2/c1-4-9(2)7-11-10(3)25-14-12(11)13(22)20-15(21-14)24-6-5-23-8-16(17,18)19/h9H,4-8H2,1-3H3,(H,20,21,22). The van der Waals surface area contributed by atoms with Gasteiger partial charge in [0.2, 0.25) is 0 Å². The lowest BCUT2D eigenvalue weighted by Crippen LogP contribution is -2.18. The highest BCUT2D eigenvalue weighted by atomic mass is 32.2. The first kappa shape index (κ1) is 20.3. The van der Waals surface area contributed by atoms with Gasteiger partial charge in [0.05, 0.1) is 12.0 Å². The molecular formula is C16H21F3N2O2S2. The molecule has 0 aromatic carbocycles. The minimum Gasteiger partial charge on any atom is -0.371 e. The number of hydrogen-bond acceptors (Lipinski definition) is 5. The van der Waals surface area contributed by atoms with E-state index in [1.54, 1.807) is 0 Å². The molecule has 1 N–H and O–H groups in total. The molecule has 2 rings (SSSR count). The molecule has 140 valence electrons. The Hall–Kier alpha value is -1.06. The van der Waals surface area contributed by atoms with Crippen LogP contribution in [-0.4, -0.2) is 35.1 Å². The average Bonchev–Trinajstić information content (AvgIpc) is 2.81. The van der Waals surface area contributed by atoms with Gasteiger partial charge < -0.3 is 9.72 Å². The Balaban J connectivity index is 2.08. The number of halogens is 3. The van der Waals surface area contributed by atoms with Crippen LogP contribution in [0.4, 0.5) is 13.2 Å². The number of aromatic nitrogens is 2. The molecule has 0 radical (unpaired) electrons. The number of thiophene rings is 1. The average molecular weight is 394 g/mol. The third-order valence-corrected chi connectivity index (χ3v) is 5.70. The van der Waals surface area contributed by atoms with E-state index in [1.807, 2.05) is 6.92 Å². The smallest absolute Gasteiger partial charge is 0.371 e. The molecule has 0 bridgehead atoms. The number of nitrogens with one attached hydrogen (secondary N) is 1. The fraction of sp³-hybridized carbons (Fsp3) is 0.625. The van der Waals surface area contributed by atoms with Crippen molar-refractivity contribution in [3.8, 4) is 0 Å². The number of thioether (sulfide) groups is 1. The van der Waals surface area contributed by atoms with Crippen molar-refractivity contribution < 1.29 is 17.9 Å². The van der Waals surface area contributed by atoms with Gasteiger partial charge in [-0.1, -0.05) is 32.0 Å². The number of hydrogen-bond donors (Lipinski definition) is 1. The zero-order chi connectivity index (χ0) is 18.6. The summed E-state index contributed by atoms with van der Waals surface area (Å²) >= 11 is 2.66. The Bertz CT molecular complexity index is 771. The van der Waals surface area contributed by atoms with Crippen LogP contribution in [0.5, 0.6) is 0 Å². The number of nitrogens with zero attached hydrogens (tertiary/aromatic N) is 1. The van der Waals surface area contributed by atoms with Crippen molar-refractivity contribution in [3.63, 3.8) is 0 Å². The molecule has 2 aromatic rings. The highest BCUT2D eigenvalue weighted by Crippen LogP contribution is 2.30. The second-order valence-electron chi connectivity index (χ2n) is 5.92. The zero-order valence-corrected chi connectivity index (χ0v) is 16.0. The largest absolute Gasteiger partial charge is 0.411 e. The third-order valence-electron chi connectivity index (χ3n) is 3.82. The molecule has 0 amide bonds. The van der Waals surface area contributed by atoms with Crippen molar-refractivity contribution in [1.82, 2.24) is 9.97 Å². The van der Waals surface area contributed by atoms with E-state index in [9.17, 15) is 18.0 Å². The third kappa shape index (κ3) is 5.72. The molecule has 2 heterocycles. The van der Waals surface area contributed by atoms with Crippen LogP contribution in [0.2, 0.25) is 0 Å². The van der Waals surface area contributed by atoms with Crippen LogP contribution in [0, 0.1) is 12.8 Å². The Morgan fingerprint density at radius 2 is 2.12 bits per heavy atom. The summed E-state index contributed by atoms with van der Waals surface area (Å²) in [5.74, 6) is 0.768. The number of aryl methyl sites for hydroxylation is 1. The number of ether oxygens (including phenoxy) is 1. The highest BCUT2D eigenvalue weighted by Gasteiger charge is 2.27. The van der Waals surface area contributed by atoms with E-state index in [4.69, 9.17) is 0 Å². The summed E-state index contributed by atoms with van der Waals surface area (Å²) in [6.07, 6.45) is -2.45. The molecule has 0 spiro atoms. The molecule has 2 aromatic heterocycles. The molecule has 0 fully saturated rings. The van der Waals surface area contributed by atoms with Crippen LogP contribution in [0.1, 0.15) is 30.7 Å². The molecule has 0 aliphatic carbocycles. The van der Waals surface area contributed by atoms with Crippen LogP contribution in [0.15, 0.2) is 9.95 Å². The van der Waals surface area contributed by atoms with Crippen molar-refractivity contribution in [2.45, 2.75) is 44.9 Å². The SMILES string of the molecule is CCC(C)Cc1c(C)sc2nc(SCCOCC(F)(F)F)[nH]c(=O)c12. The van der Waals surface area contributed by atoms with Gasteiger partial charge in [0, 0.05) is 10.6 Å². The van der Waals surface area contributed by atoms with E-state index in [0.29, 0.717) is 21.3 Å². The molecule has 9 heteroatoms. The summed E-state index contributed by atoms with van der Waals surface area (Å²) in [5.41, 5.74) is 0.861. The predicted octanol–water partition coefficient (Wildman–Crippen LogP) is 4.55. The van der Waals surface area contributed by atoms with Crippen LogP contribution < -0.4 is 5.56 Å². The molecule has 25 heavy (non-hydrogen) atoms. The van der Waals surface area contributed by atoms with E-state index in [0.717, 1.165) is 23.3 Å². The van der Waals surface area contributed by atoms with Gasteiger partial charge in [0.15, 0.2) is 5.16 Å². The first-order valence-electron chi connectivity index (χ1n) is 8.00. The molecule has 0 aliphatic heterocycles. The summed E-state index contributed by atoms with van der Waals surface area (Å²) in [5, 5.41) is 1.05. The Morgan fingerprint density at radius 1 is 1.40 bits per heavy atom. The van der Waals surface area contributed by atoms with Gasteiger partial charge in [-0.2, -0.15) is 13.2 Å². The van der Waals surface area contributed by atoms with Gasteiger partial charge >= 0.3 is 6.18 Å². The minimum absolute atomic E-state index is 0.0609. The number of fused-ring (bicyclic) bond motifs is 1. The van der Waals surface area contributed by atoms with Crippen molar-refractivity contribution >= 4 is 33.3 Å². The molecule has 4 nitrogen and oxygen atoms in total. The van der Waals surface area contributed by atoms with Crippen molar-refractivity contribution in [3.05, 3.63) is 20.8 Å². The minimum atomic E-state index is -4.32. The first-order chi connectivity index (χ1) is 11.7. The van der Waals surface area contributed by atoms with Gasteiger partial charge in [0.25, 0.3) is 5.56 Å².